The van der Waals surface area contributed by atoms with Gasteiger partial charge < -0.3 is 33.5 Å². The topological polar surface area (TPSA) is 75.6 Å². The Hall–Kier alpha value is -4.35. The first-order valence-electron chi connectivity index (χ1n) is 20.1. The second-order valence-electron chi connectivity index (χ2n) is 14.5. The minimum absolute atomic E-state index is 0.0115. The van der Waals surface area contributed by atoms with Gasteiger partial charge >= 0.3 is 0 Å². The maximum atomic E-state index is 9.66. The fraction of sp³-hybridized carbons (Fsp3) is 0.280. The smallest absolute Gasteiger partial charge is 0.152 e. The Bertz CT molecular complexity index is 2130. The van der Waals surface area contributed by atoms with E-state index >= 15 is 0 Å². The molecular formula is C50H50BrClO7. The molecule has 0 bridgehead atoms. The molecule has 7 rings (SSSR count). The number of aliphatic hydroxyl groups excluding tert-OH is 1. The van der Waals surface area contributed by atoms with Crippen LogP contribution in [0.5, 0.6) is 5.75 Å². The van der Waals surface area contributed by atoms with Crippen molar-refractivity contribution >= 4 is 27.5 Å². The van der Waals surface area contributed by atoms with Crippen molar-refractivity contribution in [3.8, 4) is 5.75 Å². The molecule has 7 nitrogen and oxygen atoms in total. The summed E-state index contributed by atoms with van der Waals surface area (Å²) < 4.78 is 41.7. The highest BCUT2D eigenvalue weighted by Gasteiger charge is 2.50. The maximum Gasteiger partial charge on any atom is 0.152 e. The summed E-state index contributed by atoms with van der Waals surface area (Å²) in [5.74, 6) is 0.482. The lowest BCUT2D eigenvalue weighted by Crippen LogP contribution is -2.58. The second-order valence-corrected chi connectivity index (χ2v) is 15.7. The van der Waals surface area contributed by atoms with E-state index in [2.05, 4.69) is 46.3 Å². The van der Waals surface area contributed by atoms with Crippen LogP contribution in [0.2, 0.25) is 5.02 Å². The molecule has 0 aliphatic carbocycles. The third-order valence-electron chi connectivity index (χ3n) is 10.2. The Kier molecular flexibility index (Phi) is 16.2. The highest BCUT2D eigenvalue weighted by molar-refractivity contribution is 9.10. The SMILES string of the molecule is OCCCOc1c(Cl)c(Cc2ccccc2)cc([C@@H]2O[C@H](COCc3ccccc3)[C@@H](OCc3ccccc3)[C@H](OCc3ccccc3)[C@H]2OCc2ccccc2)c1Br. The lowest BCUT2D eigenvalue weighted by molar-refractivity contribution is -0.275. The number of ether oxygens (including phenoxy) is 6. The Morgan fingerprint density at radius 1 is 0.576 bits per heavy atom. The third kappa shape index (κ3) is 11.9. The summed E-state index contributed by atoms with van der Waals surface area (Å²) >= 11 is 11.1. The van der Waals surface area contributed by atoms with Crippen LogP contribution >= 0.6 is 27.5 Å². The molecule has 0 aromatic heterocycles. The summed E-state index contributed by atoms with van der Waals surface area (Å²) in [7, 11) is 0. The quantitative estimate of drug-likeness (QED) is 0.0766. The van der Waals surface area contributed by atoms with Crippen LogP contribution in [-0.2, 0) is 56.5 Å². The Balaban J connectivity index is 1.33. The Morgan fingerprint density at radius 2 is 1.03 bits per heavy atom. The van der Waals surface area contributed by atoms with E-state index in [0.717, 1.165) is 38.9 Å². The second kappa shape index (κ2) is 22.3. The zero-order valence-corrected chi connectivity index (χ0v) is 35.3. The van der Waals surface area contributed by atoms with Crippen LogP contribution in [0.25, 0.3) is 0 Å². The molecule has 59 heavy (non-hydrogen) atoms. The molecular weight excluding hydrogens is 828 g/mol. The maximum absolute atomic E-state index is 9.66. The molecule has 1 heterocycles. The lowest BCUT2D eigenvalue weighted by atomic mass is 9.89. The predicted molar refractivity (Wildman–Crippen MR) is 234 cm³/mol. The van der Waals surface area contributed by atoms with Crippen LogP contribution in [0.4, 0.5) is 0 Å². The van der Waals surface area contributed by atoms with Crippen molar-refractivity contribution in [1.82, 2.24) is 0 Å². The molecule has 0 saturated carbocycles. The van der Waals surface area contributed by atoms with Crippen LogP contribution in [0.1, 0.15) is 51.5 Å². The summed E-state index contributed by atoms with van der Waals surface area (Å²) in [6.07, 6.45) is -2.16. The molecule has 0 radical (unpaired) electrons. The number of hydrogen-bond acceptors (Lipinski definition) is 7. The van der Waals surface area contributed by atoms with Gasteiger partial charge in [0.05, 0.1) is 49.1 Å². The van der Waals surface area contributed by atoms with E-state index < -0.39 is 30.5 Å². The van der Waals surface area contributed by atoms with Crippen molar-refractivity contribution in [3.05, 3.63) is 206 Å². The average Bonchev–Trinajstić information content (AvgIpc) is 3.28. The monoisotopic (exact) mass is 876 g/mol. The molecule has 1 saturated heterocycles. The van der Waals surface area contributed by atoms with E-state index in [1.54, 1.807) is 0 Å². The van der Waals surface area contributed by atoms with Crippen molar-refractivity contribution in [2.45, 2.75) is 69.8 Å². The van der Waals surface area contributed by atoms with E-state index in [1.165, 1.54) is 0 Å². The first kappa shape index (κ1) is 42.8. The number of rotatable bonds is 20. The van der Waals surface area contributed by atoms with Gasteiger partial charge in [-0.3, -0.25) is 0 Å². The average molecular weight is 878 g/mol. The molecule has 306 valence electrons. The van der Waals surface area contributed by atoms with Gasteiger partial charge in [0.25, 0.3) is 0 Å². The molecule has 1 fully saturated rings. The number of aliphatic hydroxyl groups is 1. The molecule has 9 heteroatoms. The van der Waals surface area contributed by atoms with Crippen molar-refractivity contribution in [2.75, 3.05) is 19.8 Å². The van der Waals surface area contributed by atoms with Crippen molar-refractivity contribution in [1.29, 1.82) is 0 Å². The van der Waals surface area contributed by atoms with Crippen molar-refractivity contribution < 1.29 is 33.5 Å². The molecule has 1 N–H and O–H groups in total. The van der Waals surface area contributed by atoms with Crippen LogP contribution in [-0.4, -0.2) is 49.3 Å². The van der Waals surface area contributed by atoms with Gasteiger partial charge in [0.15, 0.2) is 5.75 Å². The highest BCUT2D eigenvalue weighted by atomic mass is 79.9. The lowest BCUT2D eigenvalue weighted by Gasteiger charge is -2.47. The van der Waals surface area contributed by atoms with Gasteiger partial charge in [0.2, 0.25) is 0 Å². The molecule has 6 aromatic rings. The zero-order valence-electron chi connectivity index (χ0n) is 32.9. The number of halogens is 2. The summed E-state index contributed by atoms with van der Waals surface area (Å²) in [5.41, 5.74) is 6.86. The summed E-state index contributed by atoms with van der Waals surface area (Å²) in [6.45, 7) is 1.85. The van der Waals surface area contributed by atoms with E-state index in [1.807, 2.05) is 127 Å². The van der Waals surface area contributed by atoms with Crippen molar-refractivity contribution in [3.63, 3.8) is 0 Å². The summed E-state index contributed by atoms with van der Waals surface area (Å²) in [4.78, 5) is 0. The van der Waals surface area contributed by atoms with Crippen LogP contribution in [0.15, 0.2) is 162 Å². The fourth-order valence-electron chi connectivity index (χ4n) is 7.24. The van der Waals surface area contributed by atoms with Gasteiger partial charge in [-0.25, -0.2) is 0 Å². The first-order valence-corrected chi connectivity index (χ1v) is 21.3. The van der Waals surface area contributed by atoms with Crippen molar-refractivity contribution in [2.24, 2.45) is 0 Å². The van der Waals surface area contributed by atoms with Gasteiger partial charge in [0, 0.05) is 18.6 Å². The minimum Gasteiger partial charge on any atom is -0.491 e. The number of benzene rings is 6. The summed E-state index contributed by atoms with van der Waals surface area (Å²) in [6, 6.07) is 52.7. The normalized spacial score (nSPS) is 19.1. The third-order valence-corrected chi connectivity index (χ3v) is 11.5. The van der Waals surface area contributed by atoms with E-state index in [9.17, 15) is 5.11 Å². The molecule has 5 atom stereocenters. The minimum atomic E-state index is -0.692. The Morgan fingerprint density at radius 3 is 1.54 bits per heavy atom. The molecule has 1 aliphatic rings. The predicted octanol–water partition coefficient (Wildman–Crippen LogP) is 10.9. The molecule has 0 amide bonds. The van der Waals surface area contributed by atoms with Gasteiger partial charge in [0.1, 0.15) is 30.5 Å². The highest BCUT2D eigenvalue weighted by Crippen LogP contribution is 2.47. The standard InChI is InChI=1S/C50H50BrClO7/c51-44-42(30-41(29-36-17-6-1-7-18-36)45(52)48(44)55-28-16-27-53)46-49(57-33-39-23-12-4-13-24-39)50(58-34-40-25-14-5-15-26-40)47(56-32-38-21-10-3-11-22-38)43(59-46)35-54-31-37-19-8-2-9-20-37/h1-15,17-26,30,43,46-47,49-50,53H,16,27-29,31-35H2/t43-,46+,47-,49+,50+/m1/s1. The van der Waals surface area contributed by atoms with Gasteiger partial charge in [-0.15, -0.1) is 0 Å². The van der Waals surface area contributed by atoms with Gasteiger partial charge in [-0.1, -0.05) is 163 Å². The van der Waals surface area contributed by atoms with E-state index in [0.29, 0.717) is 54.5 Å². The molecule has 1 aliphatic heterocycles. The Labute approximate surface area is 360 Å². The van der Waals surface area contributed by atoms with Crippen LogP contribution < -0.4 is 4.74 Å². The zero-order chi connectivity index (χ0) is 40.7. The van der Waals surface area contributed by atoms with Gasteiger partial charge in [-0.05, 0) is 61.8 Å². The summed E-state index contributed by atoms with van der Waals surface area (Å²) in [5, 5.41) is 10.1. The van der Waals surface area contributed by atoms with E-state index in [4.69, 9.17) is 40.0 Å². The molecule has 6 aromatic carbocycles. The van der Waals surface area contributed by atoms with Gasteiger partial charge in [-0.2, -0.15) is 0 Å². The van der Waals surface area contributed by atoms with Crippen LogP contribution in [0, 0.1) is 0 Å². The van der Waals surface area contributed by atoms with E-state index in [-0.39, 0.29) is 19.8 Å². The number of hydrogen-bond donors (Lipinski definition) is 1. The first-order chi connectivity index (χ1) is 29.1. The molecule has 0 unspecified atom stereocenters. The largest absolute Gasteiger partial charge is 0.491 e. The fourth-order valence-corrected chi connectivity index (χ4v) is 8.28. The molecule has 0 spiro atoms. The van der Waals surface area contributed by atoms with Crippen LogP contribution in [0.3, 0.4) is 0 Å².